The molecule has 11 heavy (non-hydrogen) atoms. The highest BCUT2D eigenvalue weighted by atomic mass is 16.1. The van der Waals surface area contributed by atoms with Crippen molar-refractivity contribution in [3.8, 4) is 0 Å². The van der Waals surface area contributed by atoms with Gasteiger partial charge in [0.1, 0.15) is 5.78 Å². The number of Topliss-reactive ketones (excluding diaryl/α,β-unsaturated/α-hetero) is 1. The highest BCUT2D eigenvalue weighted by Gasteiger charge is 2.21. The van der Waals surface area contributed by atoms with Crippen molar-refractivity contribution < 1.29 is 4.79 Å². The second-order valence-electron chi connectivity index (χ2n) is 3.23. The molecule has 0 aliphatic heterocycles. The molecule has 64 valence electrons. The van der Waals surface area contributed by atoms with E-state index in [0.717, 1.165) is 19.4 Å². The Morgan fingerprint density at radius 2 is 2.09 bits per heavy atom. The standard InChI is InChI=1S/C9H17NO/c1-2-10-7-9(11)8-5-3-4-6-8/h8,10H,2-7H2,1H3. The lowest BCUT2D eigenvalue weighted by Gasteiger charge is -2.06. The zero-order valence-electron chi connectivity index (χ0n) is 7.23. The molecule has 0 aromatic carbocycles. The summed E-state index contributed by atoms with van der Waals surface area (Å²) in [4.78, 5) is 11.3. The van der Waals surface area contributed by atoms with Gasteiger partial charge in [0.15, 0.2) is 0 Å². The van der Waals surface area contributed by atoms with Crippen LogP contribution in [-0.4, -0.2) is 18.9 Å². The minimum Gasteiger partial charge on any atom is -0.310 e. The molecule has 0 radical (unpaired) electrons. The van der Waals surface area contributed by atoms with Crippen LogP contribution in [0.2, 0.25) is 0 Å². The molecule has 2 nitrogen and oxygen atoms in total. The maximum atomic E-state index is 11.3. The van der Waals surface area contributed by atoms with E-state index in [9.17, 15) is 4.79 Å². The van der Waals surface area contributed by atoms with Gasteiger partial charge >= 0.3 is 0 Å². The van der Waals surface area contributed by atoms with Crippen molar-refractivity contribution in [3.63, 3.8) is 0 Å². The lowest BCUT2D eigenvalue weighted by Crippen LogP contribution is -2.26. The molecule has 0 spiro atoms. The van der Waals surface area contributed by atoms with E-state index in [-0.39, 0.29) is 0 Å². The Morgan fingerprint density at radius 1 is 1.45 bits per heavy atom. The molecule has 0 aromatic rings. The summed E-state index contributed by atoms with van der Waals surface area (Å²) >= 11 is 0. The van der Waals surface area contributed by atoms with Gasteiger partial charge in [0.25, 0.3) is 0 Å². The fourth-order valence-corrected chi connectivity index (χ4v) is 1.64. The van der Waals surface area contributed by atoms with Crippen molar-refractivity contribution in [1.29, 1.82) is 0 Å². The molecular weight excluding hydrogens is 138 g/mol. The Bertz CT molecular complexity index is 128. The number of hydrogen-bond acceptors (Lipinski definition) is 2. The molecular formula is C9H17NO. The zero-order chi connectivity index (χ0) is 8.10. The van der Waals surface area contributed by atoms with E-state index in [1.54, 1.807) is 0 Å². The van der Waals surface area contributed by atoms with Crippen LogP contribution in [0.15, 0.2) is 0 Å². The maximum Gasteiger partial charge on any atom is 0.149 e. The van der Waals surface area contributed by atoms with E-state index < -0.39 is 0 Å². The first-order chi connectivity index (χ1) is 5.34. The lowest BCUT2D eigenvalue weighted by molar-refractivity contribution is -0.121. The van der Waals surface area contributed by atoms with Crippen LogP contribution in [0.1, 0.15) is 32.6 Å². The first kappa shape index (κ1) is 8.72. The van der Waals surface area contributed by atoms with Gasteiger partial charge in [-0.1, -0.05) is 19.8 Å². The van der Waals surface area contributed by atoms with Crippen molar-refractivity contribution in [3.05, 3.63) is 0 Å². The summed E-state index contributed by atoms with van der Waals surface area (Å²) in [6, 6.07) is 0. The average molecular weight is 155 g/mol. The Labute approximate surface area is 68.4 Å². The van der Waals surface area contributed by atoms with Gasteiger partial charge in [0.05, 0.1) is 6.54 Å². The van der Waals surface area contributed by atoms with Crippen molar-refractivity contribution in [2.45, 2.75) is 32.6 Å². The van der Waals surface area contributed by atoms with Gasteiger partial charge in [-0.3, -0.25) is 4.79 Å². The molecule has 1 aliphatic carbocycles. The number of nitrogens with one attached hydrogen (secondary N) is 1. The van der Waals surface area contributed by atoms with Crippen LogP contribution in [0.25, 0.3) is 0 Å². The molecule has 1 N–H and O–H groups in total. The number of ketones is 1. The second kappa shape index (κ2) is 4.50. The first-order valence-corrected chi connectivity index (χ1v) is 4.58. The third-order valence-electron chi connectivity index (χ3n) is 2.36. The van der Waals surface area contributed by atoms with Crippen LogP contribution >= 0.6 is 0 Å². The molecule has 2 heteroatoms. The zero-order valence-corrected chi connectivity index (χ0v) is 7.23. The van der Waals surface area contributed by atoms with Gasteiger partial charge in [0.2, 0.25) is 0 Å². The van der Waals surface area contributed by atoms with Crippen molar-refractivity contribution >= 4 is 5.78 Å². The Balaban J connectivity index is 2.17. The fraction of sp³-hybridized carbons (Fsp3) is 0.889. The van der Waals surface area contributed by atoms with Gasteiger partial charge in [-0.25, -0.2) is 0 Å². The van der Waals surface area contributed by atoms with E-state index in [0.29, 0.717) is 18.2 Å². The normalized spacial score (nSPS) is 19.0. The van der Waals surface area contributed by atoms with Crippen LogP contribution in [-0.2, 0) is 4.79 Å². The van der Waals surface area contributed by atoms with Crippen molar-refractivity contribution in [2.24, 2.45) is 5.92 Å². The van der Waals surface area contributed by atoms with Crippen LogP contribution in [0, 0.1) is 5.92 Å². The van der Waals surface area contributed by atoms with Crippen LogP contribution in [0.3, 0.4) is 0 Å². The predicted octanol–water partition coefficient (Wildman–Crippen LogP) is 1.36. The monoisotopic (exact) mass is 155 g/mol. The van der Waals surface area contributed by atoms with E-state index in [4.69, 9.17) is 0 Å². The number of carbonyl (C=O) groups is 1. The fourth-order valence-electron chi connectivity index (χ4n) is 1.64. The van der Waals surface area contributed by atoms with E-state index in [1.165, 1.54) is 12.8 Å². The quantitative estimate of drug-likeness (QED) is 0.664. The molecule has 0 unspecified atom stereocenters. The third kappa shape index (κ3) is 2.62. The van der Waals surface area contributed by atoms with Crippen molar-refractivity contribution in [1.82, 2.24) is 5.32 Å². The largest absolute Gasteiger partial charge is 0.310 e. The summed E-state index contributed by atoms with van der Waals surface area (Å²) in [6.45, 7) is 3.52. The molecule has 0 heterocycles. The molecule has 1 saturated carbocycles. The number of rotatable bonds is 4. The van der Waals surface area contributed by atoms with Crippen LogP contribution in [0.4, 0.5) is 0 Å². The van der Waals surface area contributed by atoms with Gasteiger partial charge in [0, 0.05) is 5.92 Å². The Morgan fingerprint density at radius 3 is 2.64 bits per heavy atom. The minimum absolute atomic E-state index is 0.383. The minimum atomic E-state index is 0.383. The lowest BCUT2D eigenvalue weighted by atomic mass is 10.0. The van der Waals surface area contributed by atoms with Crippen molar-refractivity contribution in [2.75, 3.05) is 13.1 Å². The molecule has 0 bridgehead atoms. The van der Waals surface area contributed by atoms with E-state index in [1.807, 2.05) is 6.92 Å². The molecule has 0 atom stereocenters. The molecule has 0 saturated heterocycles. The van der Waals surface area contributed by atoms with Crippen LogP contribution < -0.4 is 5.32 Å². The van der Waals surface area contributed by atoms with E-state index >= 15 is 0 Å². The summed E-state index contributed by atoms with van der Waals surface area (Å²) in [5.74, 6) is 0.804. The molecule has 0 amide bonds. The van der Waals surface area contributed by atoms with E-state index in [2.05, 4.69) is 5.32 Å². The number of likely N-dealkylation sites (N-methyl/N-ethyl adjacent to an activating group) is 1. The number of hydrogen-bond donors (Lipinski definition) is 1. The first-order valence-electron chi connectivity index (χ1n) is 4.58. The van der Waals surface area contributed by atoms with Gasteiger partial charge in [-0.05, 0) is 19.4 Å². The molecule has 0 aromatic heterocycles. The second-order valence-corrected chi connectivity index (χ2v) is 3.23. The highest BCUT2D eigenvalue weighted by molar-refractivity contribution is 5.83. The van der Waals surface area contributed by atoms with Gasteiger partial charge < -0.3 is 5.32 Å². The smallest absolute Gasteiger partial charge is 0.149 e. The molecule has 1 rings (SSSR count). The molecule has 1 aliphatic rings. The summed E-state index contributed by atoms with van der Waals surface area (Å²) in [5.41, 5.74) is 0. The third-order valence-corrected chi connectivity index (χ3v) is 2.36. The molecule has 1 fully saturated rings. The summed E-state index contributed by atoms with van der Waals surface area (Å²) in [7, 11) is 0. The highest BCUT2D eigenvalue weighted by Crippen LogP contribution is 2.24. The van der Waals surface area contributed by atoms with Gasteiger partial charge in [-0.15, -0.1) is 0 Å². The maximum absolute atomic E-state index is 11.3. The topological polar surface area (TPSA) is 29.1 Å². The predicted molar refractivity (Wildman–Crippen MR) is 45.5 cm³/mol. The summed E-state index contributed by atoms with van der Waals surface area (Å²) in [6.07, 6.45) is 4.76. The van der Waals surface area contributed by atoms with Gasteiger partial charge in [-0.2, -0.15) is 0 Å². The average Bonchev–Trinajstić information content (AvgIpc) is 2.52. The summed E-state index contributed by atoms with van der Waals surface area (Å²) in [5, 5.41) is 3.08. The number of carbonyl (C=O) groups excluding carboxylic acids is 1. The SMILES string of the molecule is CCNCC(=O)C1CCCC1. The Hall–Kier alpha value is -0.370. The Kier molecular flexibility index (Phi) is 3.57. The summed E-state index contributed by atoms with van der Waals surface area (Å²) < 4.78 is 0. The van der Waals surface area contributed by atoms with Crippen LogP contribution in [0.5, 0.6) is 0 Å².